The number of amides is 3. The van der Waals surface area contributed by atoms with Crippen LogP contribution in [0.1, 0.15) is 33.1 Å². The molecule has 0 saturated carbocycles. The highest BCUT2D eigenvalue weighted by Crippen LogP contribution is 2.18. The highest BCUT2D eigenvalue weighted by molar-refractivity contribution is 5.85. The van der Waals surface area contributed by atoms with Crippen LogP contribution in [0.3, 0.4) is 0 Å². The minimum atomic E-state index is -0.438. The fourth-order valence-electron chi connectivity index (χ4n) is 2.48. The van der Waals surface area contributed by atoms with Crippen molar-refractivity contribution in [1.82, 2.24) is 9.80 Å². The van der Waals surface area contributed by atoms with Crippen molar-refractivity contribution < 1.29 is 9.59 Å². The predicted octanol–water partition coefficient (Wildman–Crippen LogP) is 1.03. The van der Waals surface area contributed by atoms with E-state index in [0.717, 1.165) is 19.3 Å². The number of hydrogen-bond donors (Lipinski definition) is 2. The Kier molecular flexibility index (Phi) is 8.66. The Morgan fingerprint density at radius 2 is 2.00 bits per heavy atom. The quantitative estimate of drug-likeness (QED) is 0.792. The molecule has 0 aromatic rings. The van der Waals surface area contributed by atoms with Crippen molar-refractivity contribution >= 4 is 24.3 Å². The van der Waals surface area contributed by atoms with E-state index in [-0.39, 0.29) is 30.3 Å². The Balaban J connectivity index is 0.00000400. The molecule has 4 N–H and O–H groups in total. The van der Waals surface area contributed by atoms with Gasteiger partial charge in [-0.3, -0.25) is 4.79 Å². The number of likely N-dealkylation sites (tertiary alicyclic amines) is 1. The summed E-state index contributed by atoms with van der Waals surface area (Å²) in [5, 5.41) is 0. The van der Waals surface area contributed by atoms with Crippen LogP contribution in [-0.4, -0.2) is 54.5 Å². The third-order valence-electron chi connectivity index (χ3n) is 4.11. The van der Waals surface area contributed by atoms with Crippen molar-refractivity contribution in [3.8, 4) is 0 Å². The fourth-order valence-corrected chi connectivity index (χ4v) is 2.48. The first-order chi connectivity index (χ1) is 9.32. The largest absolute Gasteiger partial charge is 0.351 e. The number of primary amides is 1. The van der Waals surface area contributed by atoms with Gasteiger partial charge in [-0.25, -0.2) is 4.79 Å². The van der Waals surface area contributed by atoms with Gasteiger partial charge in [0.15, 0.2) is 0 Å². The molecule has 2 unspecified atom stereocenters. The van der Waals surface area contributed by atoms with Crippen molar-refractivity contribution in [2.24, 2.45) is 23.3 Å². The minimum absolute atomic E-state index is 0. The van der Waals surface area contributed by atoms with Crippen LogP contribution in [0.4, 0.5) is 4.79 Å². The van der Waals surface area contributed by atoms with E-state index >= 15 is 0 Å². The number of carbonyl (C=O) groups is 2. The summed E-state index contributed by atoms with van der Waals surface area (Å²) in [5.74, 6) is 0.377. The summed E-state index contributed by atoms with van der Waals surface area (Å²) in [4.78, 5) is 26.8. The number of halogens is 1. The normalized spacial score (nSPS) is 19.9. The van der Waals surface area contributed by atoms with E-state index in [1.165, 1.54) is 0 Å². The topological polar surface area (TPSA) is 92.7 Å². The van der Waals surface area contributed by atoms with E-state index in [4.69, 9.17) is 11.5 Å². The zero-order chi connectivity index (χ0) is 15.3. The van der Waals surface area contributed by atoms with Gasteiger partial charge in [-0.05, 0) is 25.2 Å². The second-order valence-corrected chi connectivity index (χ2v) is 6.08. The highest BCUT2D eigenvalue weighted by Gasteiger charge is 2.29. The van der Waals surface area contributed by atoms with Crippen molar-refractivity contribution in [2.45, 2.75) is 39.2 Å². The van der Waals surface area contributed by atoms with E-state index in [9.17, 15) is 9.59 Å². The number of rotatable bonds is 5. The molecule has 3 amide bonds. The van der Waals surface area contributed by atoms with Gasteiger partial charge in [0.25, 0.3) is 0 Å². The van der Waals surface area contributed by atoms with Crippen molar-refractivity contribution in [1.29, 1.82) is 0 Å². The van der Waals surface area contributed by atoms with Gasteiger partial charge in [-0.15, -0.1) is 12.4 Å². The van der Waals surface area contributed by atoms with Crippen LogP contribution in [0.2, 0.25) is 0 Å². The molecule has 0 aliphatic carbocycles. The zero-order valence-electron chi connectivity index (χ0n) is 13.2. The van der Waals surface area contributed by atoms with Crippen LogP contribution in [0.5, 0.6) is 0 Å². The van der Waals surface area contributed by atoms with Crippen LogP contribution in [0, 0.1) is 11.8 Å². The molecule has 1 aliphatic rings. The molecule has 0 bridgehead atoms. The van der Waals surface area contributed by atoms with E-state index in [1.54, 1.807) is 16.8 Å². The maximum atomic E-state index is 12.4. The first kappa shape index (κ1) is 20.0. The summed E-state index contributed by atoms with van der Waals surface area (Å²) < 4.78 is 0. The maximum Gasteiger partial charge on any atom is 0.314 e. The number of urea groups is 1. The summed E-state index contributed by atoms with van der Waals surface area (Å²) in [5.41, 5.74) is 11.3. The van der Waals surface area contributed by atoms with Crippen molar-refractivity contribution in [3.05, 3.63) is 0 Å². The second kappa shape index (κ2) is 9.10. The van der Waals surface area contributed by atoms with Gasteiger partial charge in [0, 0.05) is 32.7 Å². The van der Waals surface area contributed by atoms with E-state index in [2.05, 4.69) is 13.8 Å². The van der Waals surface area contributed by atoms with Crippen LogP contribution >= 0.6 is 12.4 Å². The summed E-state index contributed by atoms with van der Waals surface area (Å²) in [6.07, 6.45) is 2.45. The molecule has 124 valence electrons. The summed E-state index contributed by atoms with van der Waals surface area (Å²) in [6, 6.07) is -0.328. The average Bonchev–Trinajstić information content (AvgIpc) is 2.43. The SMILES string of the molecule is CC(C)C(N)CCN(C)C(=O)C1CCCN(C(N)=O)C1.Cl. The van der Waals surface area contributed by atoms with Gasteiger partial charge in [0.1, 0.15) is 0 Å². The molecule has 1 saturated heterocycles. The number of carbonyl (C=O) groups excluding carboxylic acids is 2. The van der Waals surface area contributed by atoms with Crippen LogP contribution < -0.4 is 11.5 Å². The van der Waals surface area contributed by atoms with Crippen LogP contribution in [-0.2, 0) is 4.79 Å². The molecule has 1 heterocycles. The lowest BCUT2D eigenvalue weighted by Crippen LogP contribution is -2.48. The Labute approximate surface area is 133 Å². The third-order valence-corrected chi connectivity index (χ3v) is 4.11. The molecule has 21 heavy (non-hydrogen) atoms. The third kappa shape index (κ3) is 6.09. The summed E-state index contributed by atoms with van der Waals surface area (Å²) in [6.45, 7) is 5.91. The Morgan fingerprint density at radius 1 is 1.38 bits per heavy atom. The summed E-state index contributed by atoms with van der Waals surface area (Å²) >= 11 is 0. The first-order valence-corrected chi connectivity index (χ1v) is 7.37. The standard InChI is InChI=1S/C14H28N4O2.ClH/c1-10(2)12(15)6-8-17(3)13(19)11-5-4-7-18(9-11)14(16)20;/h10-12H,4-9,15H2,1-3H3,(H2,16,20);1H. The zero-order valence-corrected chi connectivity index (χ0v) is 14.1. The molecule has 7 heteroatoms. The lowest BCUT2D eigenvalue weighted by atomic mass is 9.96. The van der Waals surface area contributed by atoms with E-state index < -0.39 is 6.03 Å². The van der Waals surface area contributed by atoms with Gasteiger partial charge >= 0.3 is 6.03 Å². The fraction of sp³-hybridized carbons (Fsp3) is 0.857. The smallest absolute Gasteiger partial charge is 0.314 e. The number of piperidine rings is 1. The van der Waals surface area contributed by atoms with Crippen LogP contribution in [0.15, 0.2) is 0 Å². The molecular weight excluding hydrogens is 292 g/mol. The number of nitrogens with zero attached hydrogens (tertiary/aromatic N) is 2. The van der Waals surface area contributed by atoms with E-state index in [1.807, 2.05) is 0 Å². The minimum Gasteiger partial charge on any atom is -0.351 e. The predicted molar refractivity (Wildman–Crippen MR) is 86.2 cm³/mol. The first-order valence-electron chi connectivity index (χ1n) is 7.37. The van der Waals surface area contributed by atoms with E-state index in [0.29, 0.717) is 25.6 Å². The molecule has 0 aromatic carbocycles. The Hall–Kier alpha value is -1.01. The van der Waals surface area contributed by atoms with Gasteiger partial charge in [-0.1, -0.05) is 13.8 Å². The Bertz CT molecular complexity index is 352. The van der Waals surface area contributed by atoms with Gasteiger partial charge < -0.3 is 21.3 Å². The summed E-state index contributed by atoms with van der Waals surface area (Å²) in [7, 11) is 1.80. The number of hydrogen-bond acceptors (Lipinski definition) is 3. The number of nitrogens with two attached hydrogens (primary N) is 2. The molecule has 0 aromatic heterocycles. The van der Waals surface area contributed by atoms with Gasteiger partial charge in [0.05, 0.1) is 5.92 Å². The molecule has 1 rings (SSSR count). The lowest BCUT2D eigenvalue weighted by molar-refractivity contribution is -0.135. The molecule has 1 fully saturated rings. The maximum absolute atomic E-state index is 12.4. The Morgan fingerprint density at radius 3 is 2.52 bits per heavy atom. The molecule has 0 spiro atoms. The van der Waals surface area contributed by atoms with Gasteiger partial charge in [-0.2, -0.15) is 0 Å². The lowest BCUT2D eigenvalue weighted by Gasteiger charge is -2.33. The molecular formula is C14H29ClN4O2. The van der Waals surface area contributed by atoms with Crippen molar-refractivity contribution in [2.75, 3.05) is 26.7 Å². The van der Waals surface area contributed by atoms with Gasteiger partial charge in [0.2, 0.25) is 5.91 Å². The molecule has 0 radical (unpaired) electrons. The molecule has 2 atom stereocenters. The second-order valence-electron chi connectivity index (χ2n) is 6.08. The average molecular weight is 321 g/mol. The monoisotopic (exact) mass is 320 g/mol. The highest BCUT2D eigenvalue weighted by atomic mass is 35.5. The molecule has 1 aliphatic heterocycles. The molecule has 6 nitrogen and oxygen atoms in total. The van der Waals surface area contributed by atoms with Crippen LogP contribution in [0.25, 0.3) is 0 Å². The van der Waals surface area contributed by atoms with Crippen molar-refractivity contribution in [3.63, 3.8) is 0 Å².